The molecule has 0 aromatic carbocycles. The molecule has 0 aromatic heterocycles. The van der Waals surface area contributed by atoms with Crippen LogP contribution < -0.4 is 0 Å². The zero-order chi connectivity index (χ0) is 19.6. The fourth-order valence-corrected chi connectivity index (χ4v) is 7.29. The number of aliphatic hydroxyl groups excluding tert-OH is 2. The van der Waals surface area contributed by atoms with E-state index >= 15 is 0 Å². The minimum Gasteiger partial charge on any atom is -0.481 e. The second-order valence-corrected chi connectivity index (χ2v) is 9.63. The maximum absolute atomic E-state index is 13.4. The van der Waals surface area contributed by atoms with E-state index in [1.165, 1.54) is 0 Å². The van der Waals surface area contributed by atoms with E-state index in [-0.39, 0.29) is 52.3 Å². The van der Waals surface area contributed by atoms with E-state index in [1.807, 2.05) is 0 Å². The largest absolute Gasteiger partial charge is 0.481 e. The van der Waals surface area contributed by atoms with Gasteiger partial charge < -0.3 is 15.3 Å². The maximum Gasteiger partial charge on any atom is 0.275 e. The normalized spacial score (nSPS) is 43.4. The first-order valence-electron chi connectivity index (χ1n) is 10.2. The van der Waals surface area contributed by atoms with E-state index < -0.39 is 5.95 Å². The molecule has 0 heterocycles. The van der Waals surface area contributed by atoms with E-state index in [9.17, 15) is 24.9 Å². The molecule has 3 N–H and O–H groups in total. The second-order valence-electron chi connectivity index (χ2n) is 9.63. The Morgan fingerprint density at radius 2 is 1.89 bits per heavy atom. The zero-order valence-electron chi connectivity index (χ0n) is 16.2. The van der Waals surface area contributed by atoms with E-state index in [0.717, 1.165) is 37.7 Å². The summed E-state index contributed by atoms with van der Waals surface area (Å²) in [6.07, 6.45) is 7.01. The molecule has 0 bridgehead atoms. The van der Waals surface area contributed by atoms with Crippen LogP contribution >= 0.6 is 0 Å². The molecule has 3 saturated carbocycles. The van der Waals surface area contributed by atoms with Gasteiger partial charge in [0.05, 0.1) is 6.61 Å². The summed E-state index contributed by atoms with van der Waals surface area (Å²) in [6, 6.07) is 0. The molecule has 6 atom stereocenters. The zero-order valence-corrected chi connectivity index (χ0v) is 16.2. The lowest BCUT2D eigenvalue weighted by molar-refractivity contribution is -0.145. The minimum atomic E-state index is -0.787. The molecule has 5 nitrogen and oxygen atoms in total. The number of carbonyl (C=O) groups is 2. The standard InChI is InChI=1S/C22H30O5/c1-21-8-7-13(24)9-12(21)3-4-14-16-5-6-17(15(11-23)20(26)27)22(16,2)10-18(25)19(14)21/h9,14,16-17,19,23,26-27H,3-8,10-11H2,1-2H3/t14-,16-,17+,19+,21-,22-/m0/s1. The van der Waals surface area contributed by atoms with Crippen LogP contribution in [0, 0.1) is 34.5 Å². The fourth-order valence-electron chi connectivity index (χ4n) is 7.29. The Bertz CT molecular complexity index is 746. The quantitative estimate of drug-likeness (QED) is 0.642. The van der Waals surface area contributed by atoms with Crippen molar-refractivity contribution in [3.8, 4) is 0 Å². The summed E-state index contributed by atoms with van der Waals surface area (Å²) in [6.45, 7) is 3.89. The predicted octanol–water partition coefficient (Wildman–Crippen LogP) is 3.63. The molecule has 4 aliphatic carbocycles. The smallest absolute Gasteiger partial charge is 0.275 e. The van der Waals surface area contributed by atoms with E-state index in [4.69, 9.17) is 0 Å². The molecule has 27 heavy (non-hydrogen) atoms. The lowest BCUT2D eigenvalue weighted by atomic mass is 9.46. The highest BCUT2D eigenvalue weighted by Gasteiger charge is 2.62. The van der Waals surface area contributed by atoms with E-state index in [1.54, 1.807) is 6.08 Å². The van der Waals surface area contributed by atoms with Gasteiger partial charge in [0, 0.05) is 24.3 Å². The Hall–Kier alpha value is -1.62. The average molecular weight is 374 g/mol. The van der Waals surface area contributed by atoms with Crippen molar-refractivity contribution < 1.29 is 24.9 Å². The molecular formula is C22H30O5. The summed E-state index contributed by atoms with van der Waals surface area (Å²) >= 11 is 0. The molecular weight excluding hydrogens is 344 g/mol. The highest BCUT2D eigenvalue weighted by molar-refractivity contribution is 5.93. The summed E-state index contributed by atoms with van der Waals surface area (Å²) in [5.41, 5.74) is 0.893. The molecule has 0 spiro atoms. The third-order valence-electron chi connectivity index (χ3n) is 8.53. The van der Waals surface area contributed by atoms with Crippen molar-refractivity contribution in [2.45, 2.75) is 58.8 Å². The molecule has 0 unspecified atom stereocenters. The van der Waals surface area contributed by atoms with E-state index in [2.05, 4.69) is 13.8 Å². The van der Waals surface area contributed by atoms with Crippen LogP contribution in [0.4, 0.5) is 0 Å². The first-order chi connectivity index (χ1) is 12.7. The lowest BCUT2D eigenvalue weighted by Crippen LogP contribution is -2.55. The van der Waals surface area contributed by atoms with Crippen molar-refractivity contribution >= 4 is 11.6 Å². The number of hydrogen-bond acceptors (Lipinski definition) is 5. The number of fused-ring (bicyclic) bond motifs is 5. The Morgan fingerprint density at radius 1 is 1.15 bits per heavy atom. The van der Waals surface area contributed by atoms with Crippen molar-refractivity contribution in [2.24, 2.45) is 34.5 Å². The van der Waals surface area contributed by atoms with Gasteiger partial charge in [0.1, 0.15) is 5.78 Å². The highest BCUT2D eigenvalue weighted by Crippen LogP contribution is 2.66. The topological polar surface area (TPSA) is 94.8 Å². The number of aliphatic hydroxyl groups is 3. The third kappa shape index (κ3) is 2.54. The number of rotatable bonds is 2. The predicted molar refractivity (Wildman–Crippen MR) is 100.0 cm³/mol. The van der Waals surface area contributed by atoms with Crippen LogP contribution in [0.5, 0.6) is 0 Å². The van der Waals surface area contributed by atoms with E-state index in [0.29, 0.717) is 18.8 Å². The van der Waals surface area contributed by atoms with Gasteiger partial charge >= 0.3 is 0 Å². The van der Waals surface area contributed by atoms with Crippen molar-refractivity contribution in [3.05, 3.63) is 23.2 Å². The molecule has 0 aliphatic heterocycles. The summed E-state index contributed by atoms with van der Waals surface area (Å²) in [7, 11) is 0. The van der Waals surface area contributed by atoms with Crippen LogP contribution in [-0.4, -0.2) is 33.5 Å². The maximum atomic E-state index is 13.4. The number of carbonyl (C=O) groups excluding carboxylic acids is 2. The average Bonchev–Trinajstić information content (AvgIpc) is 2.92. The molecule has 0 radical (unpaired) electrons. The minimum absolute atomic E-state index is 0.0355. The van der Waals surface area contributed by atoms with Gasteiger partial charge in [0.2, 0.25) is 0 Å². The van der Waals surface area contributed by atoms with Gasteiger partial charge in [-0.05, 0) is 66.8 Å². The van der Waals surface area contributed by atoms with Crippen molar-refractivity contribution in [2.75, 3.05) is 6.61 Å². The molecule has 148 valence electrons. The second kappa shape index (κ2) is 6.20. The first kappa shape index (κ1) is 18.7. The van der Waals surface area contributed by atoms with Crippen LogP contribution in [0.1, 0.15) is 58.8 Å². The van der Waals surface area contributed by atoms with Gasteiger partial charge in [0.15, 0.2) is 5.78 Å². The first-order valence-corrected chi connectivity index (χ1v) is 10.2. The van der Waals surface area contributed by atoms with Gasteiger partial charge in [-0.1, -0.05) is 19.4 Å². The number of hydrogen-bond donors (Lipinski definition) is 3. The van der Waals surface area contributed by atoms with Crippen LogP contribution in [0.2, 0.25) is 0 Å². The van der Waals surface area contributed by atoms with Crippen LogP contribution in [-0.2, 0) is 9.59 Å². The van der Waals surface area contributed by atoms with Gasteiger partial charge in [-0.15, -0.1) is 0 Å². The molecule has 3 fully saturated rings. The number of Topliss-reactive ketones (excluding diaryl/α,β-unsaturated/α-hetero) is 1. The molecule has 4 aliphatic rings. The Balaban J connectivity index is 1.72. The highest BCUT2D eigenvalue weighted by atomic mass is 16.5. The number of ketones is 2. The molecule has 5 heteroatoms. The molecule has 0 aromatic rings. The monoisotopic (exact) mass is 374 g/mol. The van der Waals surface area contributed by atoms with Crippen LogP contribution in [0.3, 0.4) is 0 Å². The van der Waals surface area contributed by atoms with Gasteiger partial charge in [-0.25, -0.2) is 0 Å². The molecule has 4 rings (SSSR count). The number of allylic oxidation sites excluding steroid dienone is 1. The van der Waals surface area contributed by atoms with Crippen molar-refractivity contribution in [1.29, 1.82) is 0 Å². The van der Waals surface area contributed by atoms with Gasteiger partial charge in [0.25, 0.3) is 5.95 Å². The SMILES string of the molecule is C[C@]12CC(=O)[C@H]3[C@@H](CCC4=CC(=O)CC[C@@]43C)[C@@H]1CC[C@@H]2C(CO)=C(O)O. The van der Waals surface area contributed by atoms with Gasteiger partial charge in [-0.2, -0.15) is 0 Å². The Morgan fingerprint density at radius 3 is 2.56 bits per heavy atom. The van der Waals surface area contributed by atoms with Crippen LogP contribution in [0.15, 0.2) is 23.2 Å². The fraction of sp³-hybridized carbons (Fsp3) is 0.727. The summed E-state index contributed by atoms with van der Waals surface area (Å²) < 4.78 is 0. The molecule has 0 saturated heterocycles. The lowest BCUT2D eigenvalue weighted by Gasteiger charge is -2.57. The third-order valence-corrected chi connectivity index (χ3v) is 8.53. The Labute approximate surface area is 160 Å². The van der Waals surface area contributed by atoms with Gasteiger partial charge in [-0.3, -0.25) is 9.59 Å². The molecule has 0 amide bonds. The van der Waals surface area contributed by atoms with Crippen molar-refractivity contribution in [1.82, 2.24) is 0 Å². The summed E-state index contributed by atoms with van der Waals surface area (Å²) in [4.78, 5) is 25.3. The Kier molecular flexibility index (Phi) is 4.30. The van der Waals surface area contributed by atoms with Crippen molar-refractivity contribution in [3.63, 3.8) is 0 Å². The summed E-state index contributed by atoms with van der Waals surface area (Å²) in [5, 5.41) is 29.0. The van der Waals surface area contributed by atoms with Crippen LogP contribution in [0.25, 0.3) is 0 Å². The summed E-state index contributed by atoms with van der Waals surface area (Å²) in [5.74, 6) is 0.0609.